The second-order valence-electron chi connectivity index (χ2n) is 6.57. The summed E-state index contributed by atoms with van der Waals surface area (Å²) in [6, 6.07) is 13.1. The summed E-state index contributed by atoms with van der Waals surface area (Å²) in [5.41, 5.74) is 3.93. The summed E-state index contributed by atoms with van der Waals surface area (Å²) in [4.78, 5) is 17.5. The van der Waals surface area contributed by atoms with Gasteiger partial charge in [-0.3, -0.25) is 4.79 Å². The predicted molar refractivity (Wildman–Crippen MR) is 107 cm³/mol. The van der Waals surface area contributed by atoms with Gasteiger partial charge in [0.15, 0.2) is 5.76 Å². The Labute approximate surface area is 167 Å². The second kappa shape index (κ2) is 8.28. The molecule has 0 aliphatic carbocycles. The molecule has 1 aromatic carbocycles. The van der Waals surface area contributed by atoms with Crippen molar-refractivity contribution < 1.29 is 18.5 Å². The lowest BCUT2D eigenvalue weighted by Gasteiger charge is -2.11. The van der Waals surface area contributed by atoms with Crippen molar-refractivity contribution in [2.45, 2.75) is 27.0 Å². The highest BCUT2D eigenvalue weighted by molar-refractivity contribution is 6.06. The van der Waals surface area contributed by atoms with E-state index in [0.29, 0.717) is 53.6 Å². The Bertz CT molecular complexity index is 1130. The molecule has 29 heavy (non-hydrogen) atoms. The number of carbonyl (C=O) groups excluding carboxylic acids is 1. The third kappa shape index (κ3) is 3.90. The molecule has 0 bridgehead atoms. The molecule has 4 aromatic rings. The molecular formula is C22H21N3O4. The number of fused-ring (bicyclic) bond motifs is 1. The van der Waals surface area contributed by atoms with Gasteiger partial charge in [0, 0.05) is 13.2 Å². The monoisotopic (exact) mass is 391 g/mol. The summed E-state index contributed by atoms with van der Waals surface area (Å²) in [7, 11) is 0. The summed E-state index contributed by atoms with van der Waals surface area (Å²) >= 11 is 0. The van der Waals surface area contributed by atoms with Crippen LogP contribution < -0.4 is 5.32 Å². The van der Waals surface area contributed by atoms with E-state index in [2.05, 4.69) is 15.5 Å². The molecule has 0 radical (unpaired) electrons. The summed E-state index contributed by atoms with van der Waals surface area (Å²) in [5.74, 6) is 0.319. The molecule has 7 nitrogen and oxygen atoms in total. The molecule has 4 rings (SSSR count). The van der Waals surface area contributed by atoms with Crippen LogP contribution in [-0.2, 0) is 17.9 Å². The van der Waals surface area contributed by atoms with E-state index in [1.54, 1.807) is 31.4 Å². The van der Waals surface area contributed by atoms with Crippen molar-refractivity contribution in [3.63, 3.8) is 0 Å². The first kappa shape index (κ1) is 18.9. The van der Waals surface area contributed by atoms with Crippen LogP contribution in [-0.4, -0.2) is 22.7 Å². The largest absolute Gasteiger partial charge is 0.463 e. The van der Waals surface area contributed by atoms with Gasteiger partial charge in [-0.2, -0.15) is 0 Å². The number of rotatable bonds is 7. The molecule has 0 saturated heterocycles. The zero-order valence-corrected chi connectivity index (χ0v) is 16.3. The van der Waals surface area contributed by atoms with E-state index in [-0.39, 0.29) is 5.91 Å². The van der Waals surface area contributed by atoms with Crippen molar-refractivity contribution in [3.05, 3.63) is 71.1 Å². The number of carbonyl (C=O) groups is 1. The van der Waals surface area contributed by atoms with Gasteiger partial charge < -0.3 is 19.0 Å². The van der Waals surface area contributed by atoms with Crippen molar-refractivity contribution in [1.29, 1.82) is 0 Å². The summed E-state index contributed by atoms with van der Waals surface area (Å²) in [6.07, 6.45) is 1.56. The van der Waals surface area contributed by atoms with Crippen LogP contribution in [0.15, 0.2) is 57.7 Å². The average Bonchev–Trinajstić information content (AvgIpc) is 3.41. The third-order valence-electron chi connectivity index (χ3n) is 4.65. The maximum absolute atomic E-state index is 13.1. The molecule has 0 atom stereocenters. The van der Waals surface area contributed by atoms with Crippen molar-refractivity contribution in [1.82, 2.24) is 15.5 Å². The fraction of sp³-hybridized carbons (Fsp3) is 0.227. The molecule has 1 amide bonds. The molecule has 3 heterocycles. The van der Waals surface area contributed by atoms with E-state index in [0.717, 1.165) is 11.1 Å². The average molecular weight is 391 g/mol. The first-order valence-electron chi connectivity index (χ1n) is 9.41. The van der Waals surface area contributed by atoms with Crippen LogP contribution in [0.5, 0.6) is 0 Å². The van der Waals surface area contributed by atoms with Gasteiger partial charge in [0.1, 0.15) is 5.69 Å². The number of nitrogens with one attached hydrogen (secondary N) is 1. The van der Waals surface area contributed by atoms with Gasteiger partial charge in [-0.05, 0) is 43.2 Å². The van der Waals surface area contributed by atoms with E-state index in [9.17, 15) is 4.79 Å². The van der Waals surface area contributed by atoms with Crippen molar-refractivity contribution in [3.8, 4) is 11.5 Å². The molecule has 0 fully saturated rings. The number of aryl methyl sites for hydroxylation is 1. The Kier molecular flexibility index (Phi) is 5.39. The van der Waals surface area contributed by atoms with Crippen molar-refractivity contribution in [2.75, 3.05) is 6.61 Å². The SMILES string of the molecule is CCOCc1ccccc1CNC(=O)c1cc(-c2ccco2)nc2onc(C)c12. The summed E-state index contributed by atoms with van der Waals surface area (Å²) in [6.45, 7) is 5.27. The Morgan fingerprint density at radius 3 is 2.76 bits per heavy atom. The molecule has 3 aromatic heterocycles. The van der Waals surface area contributed by atoms with E-state index in [1.807, 2.05) is 31.2 Å². The third-order valence-corrected chi connectivity index (χ3v) is 4.65. The van der Waals surface area contributed by atoms with Crippen LogP contribution in [0.2, 0.25) is 0 Å². The molecule has 0 unspecified atom stereocenters. The van der Waals surface area contributed by atoms with E-state index in [4.69, 9.17) is 13.7 Å². The lowest BCUT2D eigenvalue weighted by Crippen LogP contribution is -2.24. The first-order valence-corrected chi connectivity index (χ1v) is 9.41. The molecule has 1 N–H and O–H groups in total. The van der Waals surface area contributed by atoms with Crippen LogP contribution >= 0.6 is 0 Å². The number of furan rings is 1. The summed E-state index contributed by atoms with van der Waals surface area (Å²) < 4.78 is 16.2. The van der Waals surface area contributed by atoms with Gasteiger partial charge in [-0.1, -0.05) is 29.4 Å². The maximum Gasteiger partial charge on any atom is 0.259 e. The lowest BCUT2D eigenvalue weighted by atomic mass is 10.1. The molecule has 7 heteroatoms. The Morgan fingerprint density at radius 2 is 2.00 bits per heavy atom. The fourth-order valence-electron chi connectivity index (χ4n) is 3.18. The van der Waals surface area contributed by atoms with Gasteiger partial charge in [0.2, 0.25) is 0 Å². The quantitative estimate of drug-likeness (QED) is 0.506. The smallest absolute Gasteiger partial charge is 0.259 e. The minimum absolute atomic E-state index is 0.234. The van der Waals surface area contributed by atoms with Gasteiger partial charge in [-0.25, -0.2) is 4.98 Å². The zero-order valence-electron chi connectivity index (χ0n) is 16.3. The van der Waals surface area contributed by atoms with E-state index in [1.165, 1.54) is 0 Å². The molecule has 148 valence electrons. The van der Waals surface area contributed by atoms with Crippen LogP contribution in [0.3, 0.4) is 0 Å². The summed E-state index contributed by atoms with van der Waals surface area (Å²) in [5, 5.41) is 7.55. The number of amides is 1. The predicted octanol–water partition coefficient (Wildman–Crippen LogP) is 4.26. The number of ether oxygens (including phenoxy) is 1. The number of hydrogen-bond donors (Lipinski definition) is 1. The Hall–Kier alpha value is -3.45. The van der Waals surface area contributed by atoms with E-state index >= 15 is 0 Å². The fourth-order valence-corrected chi connectivity index (χ4v) is 3.18. The molecule has 0 aliphatic heterocycles. The number of pyridine rings is 1. The van der Waals surface area contributed by atoms with Crippen molar-refractivity contribution in [2.24, 2.45) is 0 Å². The van der Waals surface area contributed by atoms with Gasteiger partial charge in [0.25, 0.3) is 11.6 Å². The molecule has 0 spiro atoms. The minimum Gasteiger partial charge on any atom is -0.463 e. The standard InChI is InChI=1S/C22H21N3O4/c1-3-27-13-16-8-5-4-7-15(16)12-23-21(26)17-11-18(19-9-6-10-28-19)24-22-20(17)14(2)25-29-22/h4-11H,3,12-13H2,1-2H3,(H,23,26). The highest BCUT2D eigenvalue weighted by Crippen LogP contribution is 2.27. The van der Waals surface area contributed by atoms with Crippen LogP contribution in [0.25, 0.3) is 22.6 Å². The lowest BCUT2D eigenvalue weighted by molar-refractivity contribution is 0.0951. The normalized spacial score (nSPS) is 11.1. The molecule has 0 aliphatic rings. The molecule has 0 saturated carbocycles. The Balaban J connectivity index is 1.63. The highest BCUT2D eigenvalue weighted by Gasteiger charge is 2.20. The van der Waals surface area contributed by atoms with Crippen molar-refractivity contribution >= 4 is 17.0 Å². The first-order chi connectivity index (χ1) is 14.2. The van der Waals surface area contributed by atoms with Crippen LogP contribution in [0, 0.1) is 6.92 Å². The minimum atomic E-state index is -0.234. The van der Waals surface area contributed by atoms with Crippen LogP contribution in [0.4, 0.5) is 0 Å². The highest BCUT2D eigenvalue weighted by atomic mass is 16.5. The Morgan fingerprint density at radius 1 is 1.17 bits per heavy atom. The molecular weight excluding hydrogens is 370 g/mol. The van der Waals surface area contributed by atoms with Gasteiger partial charge >= 0.3 is 0 Å². The number of benzene rings is 1. The number of aromatic nitrogens is 2. The number of hydrogen-bond acceptors (Lipinski definition) is 6. The van der Waals surface area contributed by atoms with Crippen LogP contribution in [0.1, 0.15) is 34.1 Å². The number of nitrogens with zero attached hydrogens (tertiary/aromatic N) is 2. The maximum atomic E-state index is 13.1. The van der Waals surface area contributed by atoms with E-state index < -0.39 is 0 Å². The van der Waals surface area contributed by atoms with Gasteiger partial charge in [-0.15, -0.1) is 0 Å². The zero-order chi connectivity index (χ0) is 20.2. The van der Waals surface area contributed by atoms with Gasteiger partial charge in [0.05, 0.1) is 29.5 Å². The second-order valence-corrected chi connectivity index (χ2v) is 6.57. The topological polar surface area (TPSA) is 90.4 Å².